The molecule has 1 atom stereocenters. The minimum absolute atomic E-state index is 0.0210. The van der Waals surface area contributed by atoms with Crippen LogP contribution in [0.4, 0.5) is 5.82 Å². The molecule has 4 rings (SSSR count). The van der Waals surface area contributed by atoms with Crippen LogP contribution in [0, 0.1) is 11.8 Å². The molecule has 3 aromatic heterocycles. The second-order valence-corrected chi connectivity index (χ2v) is 6.52. The topological polar surface area (TPSA) is 112 Å². The number of ether oxygens (including phenoxy) is 1. The number of methoxy groups -OCH3 is 1. The van der Waals surface area contributed by atoms with E-state index in [2.05, 4.69) is 38.5 Å². The van der Waals surface area contributed by atoms with Crippen molar-refractivity contribution in [2.75, 3.05) is 25.9 Å². The Hall–Kier alpha value is -3.93. The highest BCUT2D eigenvalue weighted by atomic mass is 16.5. The lowest BCUT2D eigenvalue weighted by molar-refractivity contribution is -0.125. The van der Waals surface area contributed by atoms with Gasteiger partial charge in [0.15, 0.2) is 5.65 Å². The van der Waals surface area contributed by atoms with Gasteiger partial charge in [0.05, 0.1) is 18.5 Å². The number of hydrogen-bond donors (Lipinski definition) is 1. The molecule has 0 saturated carbocycles. The molecule has 1 amide bonds. The summed E-state index contributed by atoms with van der Waals surface area (Å²) in [5, 5.41) is 5.27. The van der Waals surface area contributed by atoms with E-state index in [1.807, 2.05) is 0 Å². The average molecular weight is 389 g/mol. The van der Waals surface area contributed by atoms with Crippen molar-refractivity contribution < 1.29 is 9.53 Å². The molecule has 146 valence electrons. The Kier molecular flexibility index (Phi) is 4.83. The van der Waals surface area contributed by atoms with Gasteiger partial charge in [-0.25, -0.2) is 19.6 Å². The molecule has 1 fully saturated rings. The van der Waals surface area contributed by atoms with Crippen LogP contribution in [0.2, 0.25) is 0 Å². The van der Waals surface area contributed by atoms with Gasteiger partial charge in [-0.15, -0.1) is 0 Å². The molecule has 1 aliphatic rings. The van der Waals surface area contributed by atoms with Crippen molar-refractivity contribution in [1.82, 2.24) is 29.6 Å². The fourth-order valence-corrected chi connectivity index (χ4v) is 3.34. The molecular formula is C20H19N7O2. The molecular weight excluding hydrogens is 370 g/mol. The molecule has 4 heterocycles. The summed E-state index contributed by atoms with van der Waals surface area (Å²) in [5.41, 5.74) is 7.93. The second-order valence-electron chi connectivity index (χ2n) is 6.52. The van der Waals surface area contributed by atoms with E-state index in [0.29, 0.717) is 41.5 Å². The maximum absolute atomic E-state index is 11.9. The SMILES string of the molecule is C=CC(=O)N1CC[C@H](n2nc(C#Cc3ccnc(OC)c3)c3c(N)ncnc32)C1. The highest BCUT2D eigenvalue weighted by Crippen LogP contribution is 2.28. The predicted octanol–water partition coefficient (Wildman–Crippen LogP) is 1.17. The molecule has 0 unspecified atom stereocenters. The first kappa shape index (κ1) is 18.4. The van der Waals surface area contributed by atoms with Gasteiger partial charge in [0.25, 0.3) is 0 Å². The third-order valence-electron chi connectivity index (χ3n) is 4.78. The number of nitrogens with two attached hydrogens (primary N) is 1. The van der Waals surface area contributed by atoms with Gasteiger partial charge in [-0.2, -0.15) is 5.10 Å². The quantitative estimate of drug-likeness (QED) is 0.528. The second kappa shape index (κ2) is 7.59. The van der Waals surface area contributed by atoms with Gasteiger partial charge in [0, 0.05) is 30.9 Å². The van der Waals surface area contributed by atoms with Crippen LogP contribution in [-0.2, 0) is 4.79 Å². The maximum atomic E-state index is 11.9. The standard InChI is InChI=1S/C20H19N7O2/c1-3-17(28)26-9-7-14(11-26)27-20-18(19(21)23-12-24-20)15(25-27)5-4-13-6-8-22-16(10-13)29-2/h3,6,8,10,12,14H,1,7,9,11H2,2H3,(H2,21,23,24)/t14-/m0/s1. The van der Waals surface area contributed by atoms with Gasteiger partial charge in [-0.3, -0.25) is 4.79 Å². The Bertz CT molecular complexity index is 1160. The minimum Gasteiger partial charge on any atom is -0.481 e. The largest absolute Gasteiger partial charge is 0.481 e. The molecule has 1 saturated heterocycles. The molecule has 0 bridgehead atoms. The number of nitrogen functional groups attached to an aromatic ring is 1. The third kappa shape index (κ3) is 3.48. The van der Waals surface area contributed by atoms with E-state index in [9.17, 15) is 4.79 Å². The summed E-state index contributed by atoms with van der Waals surface area (Å²) >= 11 is 0. The zero-order chi connectivity index (χ0) is 20.4. The number of hydrogen-bond acceptors (Lipinski definition) is 7. The lowest BCUT2D eigenvalue weighted by Crippen LogP contribution is -2.27. The van der Waals surface area contributed by atoms with Crippen LogP contribution in [0.25, 0.3) is 11.0 Å². The van der Waals surface area contributed by atoms with E-state index >= 15 is 0 Å². The summed E-state index contributed by atoms with van der Waals surface area (Å²) in [6.45, 7) is 4.71. The number of fused-ring (bicyclic) bond motifs is 1. The number of pyridine rings is 1. The van der Waals surface area contributed by atoms with Crippen molar-refractivity contribution in [2.24, 2.45) is 0 Å². The van der Waals surface area contributed by atoms with Gasteiger partial charge in [-0.05, 0) is 24.5 Å². The number of aromatic nitrogens is 5. The van der Waals surface area contributed by atoms with E-state index < -0.39 is 0 Å². The average Bonchev–Trinajstić information content (AvgIpc) is 3.37. The number of carbonyl (C=O) groups excluding carboxylic acids is 1. The van der Waals surface area contributed by atoms with Crippen molar-refractivity contribution in [1.29, 1.82) is 0 Å². The molecule has 9 nitrogen and oxygen atoms in total. The fraction of sp³-hybridized carbons (Fsp3) is 0.250. The van der Waals surface area contributed by atoms with Crippen LogP contribution in [0.3, 0.4) is 0 Å². The lowest BCUT2D eigenvalue weighted by atomic mass is 10.2. The first-order chi connectivity index (χ1) is 14.1. The van der Waals surface area contributed by atoms with Gasteiger partial charge < -0.3 is 15.4 Å². The Morgan fingerprint density at radius 1 is 1.38 bits per heavy atom. The van der Waals surface area contributed by atoms with Crippen LogP contribution >= 0.6 is 0 Å². The Balaban J connectivity index is 1.74. The Morgan fingerprint density at radius 2 is 2.24 bits per heavy atom. The molecule has 9 heteroatoms. The molecule has 0 aromatic carbocycles. The van der Waals surface area contributed by atoms with E-state index in [1.54, 1.807) is 35.0 Å². The number of amides is 1. The van der Waals surface area contributed by atoms with E-state index in [4.69, 9.17) is 10.5 Å². The zero-order valence-corrected chi connectivity index (χ0v) is 15.9. The summed E-state index contributed by atoms with van der Waals surface area (Å²) in [6.07, 6.45) is 5.11. The van der Waals surface area contributed by atoms with Crippen molar-refractivity contribution >= 4 is 22.8 Å². The van der Waals surface area contributed by atoms with Gasteiger partial charge in [0.2, 0.25) is 11.8 Å². The summed E-state index contributed by atoms with van der Waals surface area (Å²) < 4.78 is 6.92. The van der Waals surface area contributed by atoms with E-state index in [-0.39, 0.29) is 11.9 Å². The van der Waals surface area contributed by atoms with Crippen molar-refractivity contribution in [2.45, 2.75) is 12.5 Å². The lowest BCUT2D eigenvalue weighted by Gasteiger charge is -2.14. The number of likely N-dealkylation sites (tertiary alicyclic amines) is 1. The predicted molar refractivity (Wildman–Crippen MR) is 107 cm³/mol. The summed E-state index contributed by atoms with van der Waals surface area (Å²) in [6, 6.07) is 3.50. The third-order valence-corrected chi connectivity index (χ3v) is 4.78. The van der Waals surface area contributed by atoms with Crippen molar-refractivity contribution in [3.8, 4) is 17.7 Å². The van der Waals surface area contributed by atoms with Crippen molar-refractivity contribution in [3.05, 3.63) is 48.6 Å². The van der Waals surface area contributed by atoms with Gasteiger partial charge in [-0.1, -0.05) is 12.5 Å². The zero-order valence-electron chi connectivity index (χ0n) is 15.9. The number of anilines is 1. The summed E-state index contributed by atoms with van der Waals surface area (Å²) in [5.74, 6) is 6.82. The van der Waals surface area contributed by atoms with Crippen LogP contribution in [0.5, 0.6) is 5.88 Å². The molecule has 29 heavy (non-hydrogen) atoms. The number of nitrogens with zero attached hydrogens (tertiary/aromatic N) is 6. The van der Waals surface area contributed by atoms with E-state index in [0.717, 1.165) is 12.0 Å². The van der Waals surface area contributed by atoms with Gasteiger partial charge in [0.1, 0.15) is 17.8 Å². The molecule has 1 aliphatic heterocycles. The number of carbonyl (C=O) groups is 1. The maximum Gasteiger partial charge on any atom is 0.246 e. The highest BCUT2D eigenvalue weighted by Gasteiger charge is 2.29. The van der Waals surface area contributed by atoms with Crippen LogP contribution < -0.4 is 10.5 Å². The van der Waals surface area contributed by atoms with Crippen molar-refractivity contribution in [3.63, 3.8) is 0 Å². The van der Waals surface area contributed by atoms with Gasteiger partial charge >= 0.3 is 0 Å². The Labute approximate surface area is 167 Å². The fourth-order valence-electron chi connectivity index (χ4n) is 3.34. The first-order valence-corrected chi connectivity index (χ1v) is 9.02. The highest BCUT2D eigenvalue weighted by molar-refractivity contribution is 5.91. The monoisotopic (exact) mass is 389 g/mol. The smallest absolute Gasteiger partial charge is 0.246 e. The Morgan fingerprint density at radius 3 is 3.03 bits per heavy atom. The molecule has 0 spiro atoms. The normalized spacial score (nSPS) is 15.8. The summed E-state index contributed by atoms with van der Waals surface area (Å²) in [7, 11) is 1.55. The van der Waals surface area contributed by atoms with E-state index in [1.165, 1.54) is 12.4 Å². The minimum atomic E-state index is -0.0928. The molecule has 0 radical (unpaired) electrons. The molecule has 2 N–H and O–H groups in total. The van der Waals surface area contributed by atoms with Crippen LogP contribution in [0.15, 0.2) is 37.3 Å². The number of rotatable bonds is 3. The summed E-state index contributed by atoms with van der Waals surface area (Å²) in [4.78, 5) is 26.2. The first-order valence-electron chi connectivity index (χ1n) is 9.02. The van der Waals surface area contributed by atoms with Crippen LogP contribution in [-0.4, -0.2) is 55.7 Å². The van der Waals surface area contributed by atoms with Crippen LogP contribution in [0.1, 0.15) is 23.7 Å². The molecule has 0 aliphatic carbocycles. The molecule has 3 aromatic rings.